The van der Waals surface area contributed by atoms with Crippen molar-refractivity contribution in [2.45, 2.75) is 12.7 Å². The van der Waals surface area contributed by atoms with Crippen molar-refractivity contribution in [1.82, 2.24) is 9.97 Å². The number of rotatable bonds is 1. The summed E-state index contributed by atoms with van der Waals surface area (Å²) in [6.07, 6.45) is -3.46. The van der Waals surface area contributed by atoms with Gasteiger partial charge in [-0.25, -0.2) is 9.97 Å². The Labute approximate surface area is 66.4 Å². The van der Waals surface area contributed by atoms with Gasteiger partial charge in [0.05, 0.1) is 5.69 Å². The lowest BCUT2D eigenvalue weighted by molar-refractivity contribution is -0.145. The van der Waals surface area contributed by atoms with E-state index in [0.29, 0.717) is 0 Å². The van der Waals surface area contributed by atoms with Crippen molar-refractivity contribution < 1.29 is 13.2 Å². The highest BCUT2D eigenvalue weighted by molar-refractivity contribution is 5.03. The van der Waals surface area contributed by atoms with Gasteiger partial charge < -0.3 is 5.73 Å². The maximum atomic E-state index is 11.9. The minimum absolute atomic E-state index is 0.0222. The van der Waals surface area contributed by atoms with Gasteiger partial charge in [0.25, 0.3) is 0 Å². The first-order valence-corrected chi connectivity index (χ1v) is 3.13. The molecule has 0 aliphatic heterocycles. The molecular formula is C6H6F3N3. The summed E-state index contributed by atoms with van der Waals surface area (Å²) < 4.78 is 35.8. The third kappa shape index (κ3) is 1.91. The van der Waals surface area contributed by atoms with Crippen LogP contribution in [0, 0.1) is 0 Å². The average molecular weight is 177 g/mol. The van der Waals surface area contributed by atoms with Crippen LogP contribution < -0.4 is 5.73 Å². The van der Waals surface area contributed by atoms with Crippen LogP contribution in [0.4, 0.5) is 13.2 Å². The standard InChI is InChI=1S/C6H6F3N3/c7-6(8,9)5-11-2-1-4(3-10)12-5/h1-2H,3,10H2. The zero-order valence-electron chi connectivity index (χ0n) is 5.97. The molecule has 0 aliphatic carbocycles. The van der Waals surface area contributed by atoms with E-state index in [1.165, 1.54) is 6.07 Å². The molecule has 1 heterocycles. The Bertz CT molecular complexity index is 271. The molecule has 1 aromatic heterocycles. The highest BCUT2D eigenvalue weighted by atomic mass is 19.4. The maximum absolute atomic E-state index is 11.9. The molecule has 2 N–H and O–H groups in total. The van der Waals surface area contributed by atoms with Crippen LogP contribution in [-0.2, 0) is 12.7 Å². The fraction of sp³-hybridized carbons (Fsp3) is 0.333. The predicted octanol–water partition coefficient (Wildman–Crippen LogP) is 0.954. The van der Waals surface area contributed by atoms with E-state index < -0.39 is 12.0 Å². The summed E-state index contributed by atoms with van der Waals surface area (Å²) in [6, 6.07) is 1.34. The minimum Gasteiger partial charge on any atom is -0.325 e. The third-order valence-electron chi connectivity index (χ3n) is 1.18. The summed E-state index contributed by atoms with van der Waals surface area (Å²) in [5.41, 5.74) is 5.28. The summed E-state index contributed by atoms with van der Waals surface area (Å²) in [5.74, 6) is -1.15. The van der Waals surface area contributed by atoms with Crippen LogP contribution in [0.25, 0.3) is 0 Å². The Hall–Kier alpha value is -1.17. The Balaban J connectivity index is 3.02. The van der Waals surface area contributed by atoms with Crippen molar-refractivity contribution in [2.24, 2.45) is 5.73 Å². The Morgan fingerprint density at radius 1 is 1.42 bits per heavy atom. The molecule has 0 saturated heterocycles. The van der Waals surface area contributed by atoms with Crippen LogP contribution in [-0.4, -0.2) is 9.97 Å². The Kier molecular flexibility index (Phi) is 2.27. The van der Waals surface area contributed by atoms with Crippen molar-refractivity contribution in [3.05, 3.63) is 23.8 Å². The molecular weight excluding hydrogens is 171 g/mol. The molecule has 0 saturated carbocycles. The van der Waals surface area contributed by atoms with Gasteiger partial charge in [0.15, 0.2) is 0 Å². The lowest BCUT2D eigenvalue weighted by Crippen LogP contribution is -2.13. The quantitative estimate of drug-likeness (QED) is 0.694. The molecule has 3 nitrogen and oxygen atoms in total. The first-order valence-electron chi connectivity index (χ1n) is 3.13. The number of alkyl halides is 3. The first-order chi connectivity index (χ1) is 5.54. The summed E-state index contributed by atoms with van der Waals surface area (Å²) >= 11 is 0. The topological polar surface area (TPSA) is 51.8 Å². The second-order valence-corrected chi connectivity index (χ2v) is 2.07. The highest BCUT2D eigenvalue weighted by Crippen LogP contribution is 2.25. The molecule has 1 aromatic rings. The van der Waals surface area contributed by atoms with Crippen LogP contribution in [0.5, 0.6) is 0 Å². The minimum atomic E-state index is -4.49. The molecule has 12 heavy (non-hydrogen) atoms. The summed E-state index contributed by atoms with van der Waals surface area (Å²) in [7, 11) is 0. The molecule has 6 heteroatoms. The molecule has 0 bridgehead atoms. The Morgan fingerprint density at radius 2 is 2.08 bits per heavy atom. The fourth-order valence-electron chi connectivity index (χ4n) is 0.646. The second kappa shape index (κ2) is 3.06. The molecule has 0 amide bonds. The van der Waals surface area contributed by atoms with Gasteiger partial charge in [-0.2, -0.15) is 13.2 Å². The molecule has 0 atom stereocenters. The second-order valence-electron chi connectivity index (χ2n) is 2.07. The van der Waals surface area contributed by atoms with Crippen molar-refractivity contribution in [1.29, 1.82) is 0 Å². The van der Waals surface area contributed by atoms with Crippen molar-refractivity contribution in [2.75, 3.05) is 0 Å². The lowest BCUT2D eigenvalue weighted by Gasteiger charge is -2.04. The average Bonchev–Trinajstić information content (AvgIpc) is 2.03. The van der Waals surface area contributed by atoms with E-state index in [9.17, 15) is 13.2 Å². The fourth-order valence-corrected chi connectivity index (χ4v) is 0.646. The number of nitrogens with zero attached hydrogens (tertiary/aromatic N) is 2. The van der Waals surface area contributed by atoms with Crippen LogP contribution in [0.2, 0.25) is 0 Å². The number of aromatic nitrogens is 2. The largest absolute Gasteiger partial charge is 0.451 e. The van der Waals surface area contributed by atoms with E-state index in [4.69, 9.17) is 5.73 Å². The monoisotopic (exact) mass is 177 g/mol. The van der Waals surface area contributed by atoms with Crippen LogP contribution in [0.15, 0.2) is 12.3 Å². The summed E-state index contributed by atoms with van der Waals surface area (Å²) in [4.78, 5) is 6.27. The molecule has 0 aromatic carbocycles. The van der Waals surface area contributed by atoms with Gasteiger partial charge in [0.1, 0.15) is 0 Å². The van der Waals surface area contributed by atoms with E-state index in [0.717, 1.165) is 6.20 Å². The van der Waals surface area contributed by atoms with Gasteiger partial charge >= 0.3 is 6.18 Å². The normalized spacial score (nSPS) is 11.7. The number of nitrogens with two attached hydrogens (primary N) is 1. The van der Waals surface area contributed by atoms with Gasteiger partial charge in [0.2, 0.25) is 5.82 Å². The smallest absolute Gasteiger partial charge is 0.325 e. The van der Waals surface area contributed by atoms with Gasteiger partial charge in [-0.3, -0.25) is 0 Å². The van der Waals surface area contributed by atoms with Gasteiger partial charge in [-0.15, -0.1) is 0 Å². The molecule has 0 aliphatic rings. The van der Waals surface area contributed by atoms with Crippen molar-refractivity contribution in [3.63, 3.8) is 0 Å². The van der Waals surface area contributed by atoms with Crippen LogP contribution in [0.3, 0.4) is 0 Å². The number of halogens is 3. The van der Waals surface area contributed by atoms with Crippen molar-refractivity contribution >= 4 is 0 Å². The van der Waals surface area contributed by atoms with E-state index in [2.05, 4.69) is 9.97 Å². The van der Waals surface area contributed by atoms with E-state index >= 15 is 0 Å². The van der Waals surface area contributed by atoms with Gasteiger partial charge in [0, 0.05) is 12.7 Å². The highest BCUT2D eigenvalue weighted by Gasteiger charge is 2.34. The molecule has 66 valence electrons. The lowest BCUT2D eigenvalue weighted by atomic mass is 10.4. The van der Waals surface area contributed by atoms with E-state index in [1.807, 2.05) is 0 Å². The van der Waals surface area contributed by atoms with Crippen molar-refractivity contribution in [3.8, 4) is 0 Å². The van der Waals surface area contributed by atoms with Crippen LogP contribution >= 0.6 is 0 Å². The van der Waals surface area contributed by atoms with E-state index in [-0.39, 0.29) is 12.2 Å². The Morgan fingerprint density at radius 3 is 2.58 bits per heavy atom. The zero-order chi connectivity index (χ0) is 9.19. The molecule has 0 fully saturated rings. The summed E-state index contributed by atoms with van der Waals surface area (Å²) in [6.45, 7) is -0.0222. The predicted molar refractivity (Wildman–Crippen MR) is 34.9 cm³/mol. The SMILES string of the molecule is NCc1ccnc(C(F)(F)F)n1. The molecule has 1 rings (SSSR count). The van der Waals surface area contributed by atoms with Crippen LogP contribution in [0.1, 0.15) is 11.5 Å². The van der Waals surface area contributed by atoms with Gasteiger partial charge in [-0.1, -0.05) is 0 Å². The molecule has 0 unspecified atom stereocenters. The third-order valence-corrected chi connectivity index (χ3v) is 1.18. The zero-order valence-corrected chi connectivity index (χ0v) is 5.97. The number of hydrogen-bond acceptors (Lipinski definition) is 3. The first kappa shape index (κ1) is 8.92. The van der Waals surface area contributed by atoms with Gasteiger partial charge in [-0.05, 0) is 6.07 Å². The maximum Gasteiger partial charge on any atom is 0.451 e. The van der Waals surface area contributed by atoms with E-state index in [1.54, 1.807) is 0 Å². The number of hydrogen-bond donors (Lipinski definition) is 1. The summed E-state index contributed by atoms with van der Waals surface area (Å²) in [5, 5.41) is 0. The molecule has 0 spiro atoms. The molecule has 0 radical (unpaired) electrons.